The number of aromatic nitrogens is 1. The molecule has 0 saturated carbocycles. The lowest BCUT2D eigenvalue weighted by atomic mass is 10.1. The predicted molar refractivity (Wildman–Crippen MR) is 152 cm³/mol. The number of urea groups is 1. The molecule has 0 radical (unpaired) electrons. The number of nitrogens with zero attached hydrogens (tertiary/aromatic N) is 3. The number of ether oxygens (including phenoxy) is 1. The minimum absolute atomic E-state index is 0.0830. The van der Waals surface area contributed by atoms with Crippen LogP contribution in [-0.2, 0) is 4.79 Å². The molecular formula is C28H24ClN5O4S. The lowest BCUT2D eigenvalue weighted by Crippen LogP contribution is -2.39. The molecule has 1 unspecified atom stereocenters. The molecule has 2 N–H and O–H groups in total. The van der Waals surface area contributed by atoms with Gasteiger partial charge in [-0.2, -0.15) is 0 Å². The summed E-state index contributed by atoms with van der Waals surface area (Å²) >= 11 is 6.90. The van der Waals surface area contributed by atoms with E-state index in [1.165, 1.54) is 11.3 Å². The number of nitrogens with one attached hydrogen (secondary N) is 2. The summed E-state index contributed by atoms with van der Waals surface area (Å²) in [7, 11) is 0. The molecule has 1 saturated heterocycles. The molecule has 198 valence electrons. The number of halogens is 1. The SMILES string of the molecule is Cc1cc(Oc2ccccc2)ccc1N1C(=O)Nc2c(C(=O)NC3CCN(C(=O)CCl)C3)sc3nccc1c23. The predicted octanol–water partition coefficient (Wildman–Crippen LogP) is 5.65. The molecule has 1 atom stereocenters. The summed E-state index contributed by atoms with van der Waals surface area (Å²) in [5, 5.41) is 6.64. The van der Waals surface area contributed by atoms with Crippen LogP contribution < -0.4 is 20.3 Å². The summed E-state index contributed by atoms with van der Waals surface area (Å²) < 4.78 is 5.95. The summed E-state index contributed by atoms with van der Waals surface area (Å²) in [4.78, 5) is 47.4. The maximum atomic E-state index is 13.5. The molecule has 2 aliphatic rings. The van der Waals surface area contributed by atoms with Gasteiger partial charge in [0, 0.05) is 25.3 Å². The van der Waals surface area contributed by atoms with Gasteiger partial charge in [0.1, 0.15) is 27.1 Å². The molecule has 4 amide bonds. The van der Waals surface area contributed by atoms with Crippen LogP contribution in [0.3, 0.4) is 0 Å². The van der Waals surface area contributed by atoms with Crippen LogP contribution in [0.15, 0.2) is 60.8 Å². The number of alkyl halides is 1. The Kier molecular flexibility index (Phi) is 6.58. The standard InChI is InChI=1S/C28H24ClN5O4S/c1-16-13-19(38-18-5-3-2-4-6-18)7-8-20(16)34-21-9-11-30-27-23(21)24(32-28(34)37)25(39-27)26(36)31-17-10-12-33(15-17)22(35)14-29/h2-9,11,13,17H,10,12,14-15H2,1H3,(H,31,36)(H,32,37). The van der Waals surface area contributed by atoms with Gasteiger partial charge in [-0.3, -0.25) is 14.5 Å². The Balaban J connectivity index is 1.29. The lowest BCUT2D eigenvalue weighted by molar-refractivity contribution is -0.127. The van der Waals surface area contributed by atoms with Crippen LogP contribution in [0, 0.1) is 6.92 Å². The van der Waals surface area contributed by atoms with Gasteiger partial charge in [0.15, 0.2) is 0 Å². The first-order chi connectivity index (χ1) is 18.9. The number of para-hydroxylation sites is 1. The number of likely N-dealkylation sites (tertiary alicyclic amines) is 1. The second-order valence-corrected chi connectivity index (χ2v) is 10.6. The highest BCUT2D eigenvalue weighted by Crippen LogP contribution is 2.46. The molecule has 2 aliphatic heterocycles. The van der Waals surface area contributed by atoms with Crippen molar-refractivity contribution in [2.45, 2.75) is 19.4 Å². The zero-order chi connectivity index (χ0) is 27.1. The van der Waals surface area contributed by atoms with Gasteiger partial charge in [-0.05, 0) is 55.3 Å². The van der Waals surface area contributed by atoms with Gasteiger partial charge in [-0.25, -0.2) is 9.78 Å². The number of anilines is 3. The first-order valence-corrected chi connectivity index (χ1v) is 13.8. The van der Waals surface area contributed by atoms with Gasteiger partial charge >= 0.3 is 6.03 Å². The molecule has 11 heteroatoms. The molecule has 4 heterocycles. The fourth-order valence-corrected chi connectivity index (χ4v) is 6.18. The highest BCUT2D eigenvalue weighted by atomic mass is 35.5. The zero-order valence-corrected chi connectivity index (χ0v) is 22.5. The van der Waals surface area contributed by atoms with Crippen molar-refractivity contribution < 1.29 is 19.1 Å². The third-order valence-corrected chi connectivity index (χ3v) is 8.16. The van der Waals surface area contributed by atoms with Gasteiger partial charge in [0.05, 0.1) is 22.4 Å². The molecule has 2 aromatic heterocycles. The molecule has 0 bridgehead atoms. The summed E-state index contributed by atoms with van der Waals surface area (Å²) in [6.45, 7) is 2.87. The van der Waals surface area contributed by atoms with Gasteiger partial charge in [0.2, 0.25) is 5.91 Å². The van der Waals surface area contributed by atoms with Crippen molar-refractivity contribution in [1.29, 1.82) is 0 Å². The summed E-state index contributed by atoms with van der Waals surface area (Å²) in [6, 6.07) is 16.3. The monoisotopic (exact) mass is 561 g/mol. The molecular weight excluding hydrogens is 538 g/mol. The van der Waals surface area contributed by atoms with Gasteiger partial charge < -0.3 is 20.3 Å². The summed E-state index contributed by atoms with van der Waals surface area (Å²) in [6.07, 6.45) is 2.28. The molecule has 2 aromatic carbocycles. The van der Waals surface area contributed by atoms with Crippen molar-refractivity contribution in [2.24, 2.45) is 0 Å². The number of carbonyl (C=O) groups excluding carboxylic acids is 3. The maximum Gasteiger partial charge on any atom is 0.331 e. The molecule has 0 spiro atoms. The number of carbonyl (C=O) groups is 3. The van der Waals surface area contributed by atoms with E-state index in [1.54, 1.807) is 22.1 Å². The number of rotatable bonds is 6. The minimum atomic E-state index is -0.373. The molecule has 9 nitrogen and oxygen atoms in total. The van der Waals surface area contributed by atoms with Crippen LogP contribution in [-0.4, -0.2) is 52.7 Å². The Labute approximate surface area is 233 Å². The van der Waals surface area contributed by atoms with Crippen LogP contribution in [0.1, 0.15) is 21.7 Å². The normalized spacial score (nSPS) is 16.4. The van der Waals surface area contributed by atoms with E-state index >= 15 is 0 Å². The van der Waals surface area contributed by atoms with Crippen molar-refractivity contribution in [3.8, 4) is 11.5 Å². The highest BCUT2D eigenvalue weighted by Gasteiger charge is 2.34. The molecule has 4 aromatic rings. The number of amides is 4. The van der Waals surface area contributed by atoms with E-state index in [4.69, 9.17) is 16.3 Å². The average molecular weight is 562 g/mol. The van der Waals surface area contributed by atoms with Crippen LogP contribution in [0.25, 0.3) is 10.2 Å². The van der Waals surface area contributed by atoms with E-state index < -0.39 is 0 Å². The number of aryl methyl sites for hydroxylation is 1. The Morgan fingerprint density at radius 1 is 1.15 bits per heavy atom. The van der Waals surface area contributed by atoms with Crippen molar-refractivity contribution >= 4 is 68.1 Å². The van der Waals surface area contributed by atoms with Crippen molar-refractivity contribution in [1.82, 2.24) is 15.2 Å². The van der Waals surface area contributed by atoms with Gasteiger partial charge in [-0.15, -0.1) is 22.9 Å². The van der Waals surface area contributed by atoms with Crippen LogP contribution in [0.5, 0.6) is 11.5 Å². The second kappa shape index (κ2) is 10.2. The number of benzene rings is 2. The Morgan fingerprint density at radius 3 is 2.74 bits per heavy atom. The topological polar surface area (TPSA) is 104 Å². The third-order valence-electron chi connectivity index (χ3n) is 6.83. The smallest absolute Gasteiger partial charge is 0.331 e. The first kappa shape index (κ1) is 25.1. The third kappa shape index (κ3) is 4.66. The average Bonchev–Trinajstić information content (AvgIpc) is 3.55. The van der Waals surface area contributed by atoms with Crippen LogP contribution >= 0.6 is 22.9 Å². The van der Waals surface area contributed by atoms with E-state index in [-0.39, 0.29) is 29.8 Å². The van der Waals surface area contributed by atoms with Crippen LogP contribution in [0.2, 0.25) is 0 Å². The minimum Gasteiger partial charge on any atom is -0.457 e. The van der Waals surface area contributed by atoms with E-state index in [0.29, 0.717) is 57.4 Å². The molecule has 0 aliphatic carbocycles. The number of thiophene rings is 1. The number of hydrogen-bond acceptors (Lipinski definition) is 6. The second-order valence-electron chi connectivity index (χ2n) is 9.38. The number of hydrogen-bond donors (Lipinski definition) is 2. The fourth-order valence-electron chi connectivity index (χ4n) is 4.99. The Bertz CT molecular complexity index is 1610. The van der Waals surface area contributed by atoms with Gasteiger partial charge in [-0.1, -0.05) is 18.2 Å². The fraction of sp³-hybridized carbons (Fsp3) is 0.214. The Morgan fingerprint density at radius 2 is 1.97 bits per heavy atom. The molecule has 6 rings (SSSR count). The zero-order valence-electron chi connectivity index (χ0n) is 20.9. The highest BCUT2D eigenvalue weighted by molar-refractivity contribution is 7.21. The molecule has 1 fully saturated rings. The first-order valence-electron chi connectivity index (χ1n) is 12.4. The molecule has 39 heavy (non-hydrogen) atoms. The van der Waals surface area contributed by atoms with Gasteiger partial charge in [0.25, 0.3) is 5.91 Å². The van der Waals surface area contributed by atoms with E-state index in [1.807, 2.05) is 55.5 Å². The summed E-state index contributed by atoms with van der Waals surface area (Å²) in [5.41, 5.74) is 2.63. The van der Waals surface area contributed by atoms with Crippen molar-refractivity contribution in [3.05, 3.63) is 71.2 Å². The lowest BCUT2D eigenvalue weighted by Gasteiger charge is -2.29. The maximum absolute atomic E-state index is 13.5. The largest absolute Gasteiger partial charge is 0.457 e. The van der Waals surface area contributed by atoms with Crippen molar-refractivity contribution in [3.63, 3.8) is 0 Å². The van der Waals surface area contributed by atoms with Crippen LogP contribution in [0.4, 0.5) is 21.9 Å². The van der Waals surface area contributed by atoms with Crippen molar-refractivity contribution in [2.75, 3.05) is 29.2 Å². The number of pyridine rings is 1. The quantitative estimate of drug-likeness (QED) is 0.296. The van der Waals surface area contributed by atoms with E-state index in [0.717, 1.165) is 11.3 Å². The van der Waals surface area contributed by atoms with E-state index in [2.05, 4.69) is 15.6 Å². The summed E-state index contributed by atoms with van der Waals surface area (Å²) in [5.74, 6) is 0.840. The Hall–Kier alpha value is -4.15. The van der Waals surface area contributed by atoms with E-state index in [9.17, 15) is 14.4 Å².